The predicted molar refractivity (Wildman–Crippen MR) is 158 cm³/mol. The monoisotopic (exact) mass is 636 g/mol. The summed E-state index contributed by atoms with van der Waals surface area (Å²) in [5.41, 5.74) is 0. The van der Waals surface area contributed by atoms with Crippen molar-refractivity contribution in [1.82, 2.24) is 0 Å². The van der Waals surface area contributed by atoms with Crippen molar-refractivity contribution in [3.8, 4) is 0 Å². The highest BCUT2D eigenvalue weighted by atomic mass is 16.6. The third-order valence-corrected chi connectivity index (χ3v) is 5.13. The largest absolute Gasteiger partial charge is 0.460 e. The van der Waals surface area contributed by atoms with Crippen LogP contribution in [0.5, 0.6) is 0 Å². The van der Waals surface area contributed by atoms with Crippen LogP contribution in [0.25, 0.3) is 0 Å². The van der Waals surface area contributed by atoms with Crippen LogP contribution < -0.4 is 0 Å². The number of rotatable bonds is 35. The molecule has 0 aliphatic heterocycles. The van der Waals surface area contributed by atoms with Crippen LogP contribution in [-0.2, 0) is 66.5 Å². The van der Waals surface area contributed by atoms with Crippen LogP contribution in [0.15, 0.2) is 25.3 Å². The Morgan fingerprint density at radius 3 is 1.30 bits per heavy atom. The number of carbonyl (C=O) groups excluding carboxylic acids is 3. The van der Waals surface area contributed by atoms with Crippen LogP contribution in [0.4, 0.5) is 0 Å². The van der Waals surface area contributed by atoms with E-state index in [1.165, 1.54) is 0 Å². The van der Waals surface area contributed by atoms with Crippen LogP contribution in [0.3, 0.4) is 0 Å². The lowest BCUT2D eigenvalue weighted by Crippen LogP contribution is -2.30. The highest BCUT2D eigenvalue weighted by molar-refractivity contribution is 5.81. The normalized spacial score (nSPS) is 11.8. The molecule has 256 valence electrons. The molecule has 1 atom stereocenters. The lowest BCUT2D eigenvalue weighted by atomic mass is 10.4. The molecule has 14 heteroatoms. The third kappa shape index (κ3) is 29.8. The first-order valence-corrected chi connectivity index (χ1v) is 14.9. The van der Waals surface area contributed by atoms with Gasteiger partial charge in [-0.05, 0) is 6.42 Å². The van der Waals surface area contributed by atoms with Gasteiger partial charge in [0.05, 0.1) is 99.1 Å². The van der Waals surface area contributed by atoms with Gasteiger partial charge in [-0.15, -0.1) is 0 Å². The van der Waals surface area contributed by atoms with Gasteiger partial charge in [0.25, 0.3) is 0 Å². The SMILES string of the molecule is C=CC(=O)OCCOCC(COCCOC(=O)C=C)OCCOCCOC(COCCOCCC)COCCOCCC=O. The average molecular weight is 637 g/mol. The van der Waals surface area contributed by atoms with Crippen LogP contribution in [0, 0.1) is 0 Å². The van der Waals surface area contributed by atoms with Crippen LogP contribution in [0.1, 0.15) is 19.8 Å². The fourth-order valence-electron chi connectivity index (χ4n) is 3.03. The molecule has 0 amide bonds. The Hall–Kier alpha value is -2.27. The minimum atomic E-state index is -0.527. The topological polar surface area (TPSA) is 153 Å². The standard InChI is InChI=1S/C30H52O14/c1-4-9-34-11-13-37-23-27(24-38-14-12-35-10-7-8-31)41-19-15-36-16-20-42-28(25-39-17-21-43-29(32)5-2)26-40-18-22-44-30(33)6-3/h5-6,8,27-28H,2-4,7,9-26H2,1H3. The van der Waals surface area contributed by atoms with E-state index in [1.807, 2.05) is 6.92 Å². The summed E-state index contributed by atoms with van der Waals surface area (Å²) in [6, 6.07) is 0. The molecule has 0 aromatic rings. The molecule has 14 nitrogen and oxygen atoms in total. The van der Waals surface area contributed by atoms with Crippen molar-refractivity contribution in [2.75, 3.05) is 119 Å². The number of esters is 2. The van der Waals surface area contributed by atoms with Gasteiger partial charge in [0.1, 0.15) is 31.7 Å². The van der Waals surface area contributed by atoms with Crippen molar-refractivity contribution in [3.63, 3.8) is 0 Å². The molecule has 0 fully saturated rings. The number of hydrogen-bond donors (Lipinski definition) is 0. The zero-order valence-electron chi connectivity index (χ0n) is 26.2. The molecule has 0 saturated heterocycles. The molecule has 0 aromatic carbocycles. The molecule has 0 saturated carbocycles. The highest BCUT2D eigenvalue weighted by Crippen LogP contribution is 1.99. The van der Waals surface area contributed by atoms with Gasteiger partial charge in [0.15, 0.2) is 0 Å². The molecule has 0 bridgehead atoms. The average Bonchev–Trinajstić information content (AvgIpc) is 3.03. The van der Waals surface area contributed by atoms with Crippen molar-refractivity contribution in [2.45, 2.75) is 32.0 Å². The summed E-state index contributed by atoms with van der Waals surface area (Å²) < 4.78 is 60.1. The van der Waals surface area contributed by atoms with E-state index in [4.69, 9.17) is 52.1 Å². The van der Waals surface area contributed by atoms with Crippen molar-refractivity contribution >= 4 is 18.2 Å². The van der Waals surface area contributed by atoms with E-state index in [9.17, 15) is 14.4 Å². The number of ether oxygens (including phenoxy) is 11. The Balaban J connectivity index is 4.33. The second kappa shape index (κ2) is 33.6. The lowest BCUT2D eigenvalue weighted by Gasteiger charge is -2.19. The maximum Gasteiger partial charge on any atom is 0.330 e. The second-order valence-electron chi connectivity index (χ2n) is 8.82. The summed E-state index contributed by atoms with van der Waals surface area (Å²) in [5, 5.41) is 0. The van der Waals surface area contributed by atoms with Crippen LogP contribution >= 0.6 is 0 Å². The molecular formula is C30H52O14. The summed E-state index contributed by atoms with van der Waals surface area (Å²) in [5.74, 6) is -1.05. The molecular weight excluding hydrogens is 584 g/mol. The molecule has 0 radical (unpaired) electrons. The van der Waals surface area contributed by atoms with Gasteiger partial charge in [-0.1, -0.05) is 20.1 Å². The Kier molecular flexibility index (Phi) is 31.9. The summed E-state index contributed by atoms with van der Waals surface area (Å²) in [6.45, 7) is 14.3. The van der Waals surface area contributed by atoms with E-state index < -0.39 is 18.0 Å². The number of aldehydes is 1. The summed E-state index contributed by atoms with van der Waals surface area (Å²) in [7, 11) is 0. The minimum Gasteiger partial charge on any atom is -0.460 e. The third-order valence-electron chi connectivity index (χ3n) is 5.13. The minimum absolute atomic E-state index is 0.0813. The van der Waals surface area contributed by atoms with E-state index in [1.54, 1.807) is 0 Å². The van der Waals surface area contributed by atoms with Crippen molar-refractivity contribution in [3.05, 3.63) is 25.3 Å². The quantitative estimate of drug-likeness (QED) is 0.0425. The molecule has 0 aliphatic carbocycles. The van der Waals surface area contributed by atoms with Crippen molar-refractivity contribution in [2.24, 2.45) is 0 Å². The van der Waals surface area contributed by atoms with E-state index in [2.05, 4.69) is 13.2 Å². The maximum absolute atomic E-state index is 11.1. The molecule has 0 aliphatic rings. The highest BCUT2D eigenvalue weighted by Gasteiger charge is 2.12. The van der Waals surface area contributed by atoms with Gasteiger partial charge >= 0.3 is 11.9 Å². The van der Waals surface area contributed by atoms with Gasteiger partial charge in [0, 0.05) is 25.2 Å². The lowest BCUT2D eigenvalue weighted by molar-refractivity contribution is -0.140. The fourth-order valence-corrected chi connectivity index (χ4v) is 3.03. The first-order valence-electron chi connectivity index (χ1n) is 14.9. The Labute approximate surface area is 261 Å². The Morgan fingerprint density at radius 2 is 0.886 bits per heavy atom. The van der Waals surface area contributed by atoms with Gasteiger partial charge in [0.2, 0.25) is 0 Å². The van der Waals surface area contributed by atoms with Gasteiger partial charge in [-0.3, -0.25) is 0 Å². The summed E-state index contributed by atoms with van der Waals surface area (Å²) in [6.07, 6.45) is 3.54. The van der Waals surface area contributed by atoms with Gasteiger partial charge < -0.3 is 56.9 Å². The molecule has 1 unspecified atom stereocenters. The first-order chi connectivity index (χ1) is 21.6. The molecule has 0 N–H and O–H groups in total. The molecule has 44 heavy (non-hydrogen) atoms. The molecule has 0 aromatic heterocycles. The summed E-state index contributed by atoms with van der Waals surface area (Å²) in [4.78, 5) is 32.6. The van der Waals surface area contributed by atoms with E-state index in [-0.39, 0.29) is 52.4 Å². The number of carbonyl (C=O) groups is 3. The zero-order valence-corrected chi connectivity index (χ0v) is 26.2. The van der Waals surface area contributed by atoms with Crippen molar-refractivity contribution in [1.29, 1.82) is 0 Å². The van der Waals surface area contributed by atoms with Crippen molar-refractivity contribution < 1.29 is 66.5 Å². The first kappa shape index (κ1) is 41.7. The van der Waals surface area contributed by atoms with Gasteiger partial charge in [-0.25, -0.2) is 9.59 Å². The maximum atomic E-state index is 11.1. The smallest absolute Gasteiger partial charge is 0.330 e. The van der Waals surface area contributed by atoms with E-state index in [0.29, 0.717) is 79.1 Å². The predicted octanol–water partition coefficient (Wildman–Crippen LogP) is 1.33. The Morgan fingerprint density at radius 1 is 0.523 bits per heavy atom. The molecule has 0 heterocycles. The molecule has 0 rings (SSSR count). The second-order valence-corrected chi connectivity index (χ2v) is 8.82. The molecule has 0 spiro atoms. The van der Waals surface area contributed by atoms with Gasteiger partial charge in [-0.2, -0.15) is 0 Å². The summed E-state index contributed by atoms with van der Waals surface area (Å²) >= 11 is 0. The van der Waals surface area contributed by atoms with Crippen LogP contribution in [0.2, 0.25) is 0 Å². The fraction of sp³-hybridized carbons (Fsp3) is 0.767. The number of hydrogen-bond acceptors (Lipinski definition) is 14. The van der Waals surface area contributed by atoms with E-state index in [0.717, 1.165) is 24.9 Å². The van der Waals surface area contributed by atoms with Crippen LogP contribution in [-0.4, -0.2) is 149 Å². The zero-order chi connectivity index (χ0) is 32.4. The van der Waals surface area contributed by atoms with E-state index >= 15 is 0 Å². The Bertz CT molecular complexity index is 675.